The van der Waals surface area contributed by atoms with Crippen LogP contribution in [0.4, 0.5) is 10.5 Å². The molecule has 0 aliphatic heterocycles. The van der Waals surface area contributed by atoms with Crippen LogP contribution in [0.1, 0.15) is 19.8 Å². The van der Waals surface area contributed by atoms with Crippen molar-refractivity contribution in [2.24, 2.45) is 0 Å². The zero-order valence-electron chi connectivity index (χ0n) is 13.8. The maximum absolute atomic E-state index is 12.5. The number of para-hydroxylation sites is 1. The van der Waals surface area contributed by atoms with Crippen molar-refractivity contribution in [1.82, 2.24) is 5.32 Å². The number of hydrogen-bond acceptors (Lipinski definition) is 2. The van der Waals surface area contributed by atoms with Gasteiger partial charge in [0.25, 0.3) is 0 Å². The molecule has 0 heterocycles. The quantitative estimate of drug-likeness (QED) is 0.166. The number of carbonyl (C=O) groups excluding carboxylic acids is 1. The molecule has 1 atom stereocenters. The average Bonchev–Trinajstić information content (AvgIpc) is 2.62. The second-order valence-corrected chi connectivity index (χ2v) is 9.47. The summed E-state index contributed by atoms with van der Waals surface area (Å²) in [6.07, 6.45) is 2.16. The second-order valence-electron chi connectivity index (χ2n) is 5.35. The molecular weight excluding hydrogens is 526 g/mol. The topological polar surface area (TPSA) is 41.1 Å². The van der Waals surface area contributed by atoms with E-state index >= 15 is 0 Å². The van der Waals surface area contributed by atoms with Crippen LogP contribution in [-0.2, 0) is 0 Å². The third-order valence-electron chi connectivity index (χ3n) is 3.67. The van der Waals surface area contributed by atoms with Gasteiger partial charge in [-0.25, -0.2) is 0 Å². The van der Waals surface area contributed by atoms with Gasteiger partial charge in [-0.2, -0.15) is 0 Å². The van der Waals surface area contributed by atoms with Gasteiger partial charge in [0.05, 0.1) is 0 Å². The zero-order valence-corrected chi connectivity index (χ0v) is 18.1. The number of benzene rings is 2. The Kier molecular flexibility index (Phi) is 9.04. The van der Waals surface area contributed by atoms with Gasteiger partial charge in [0.1, 0.15) is 0 Å². The van der Waals surface area contributed by atoms with Crippen molar-refractivity contribution >= 4 is 32.2 Å². The first-order valence-corrected chi connectivity index (χ1v) is 11.9. The van der Waals surface area contributed by atoms with Gasteiger partial charge in [0.2, 0.25) is 0 Å². The summed E-state index contributed by atoms with van der Waals surface area (Å²) in [5, 5.41) is 6.49. The fraction of sp³-hybridized carbons (Fsp3) is 0.316. The van der Waals surface area contributed by atoms with Crippen molar-refractivity contribution in [3.05, 3.63) is 54.6 Å². The van der Waals surface area contributed by atoms with E-state index in [2.05, 4.69) is 58.3 Å². The third-order valence-corrected chi connectivity index (χ3v) is 7.43. The number of hydrogen-bond donors (Lipinski definition) is 2. The van der Waals surface area contributed by atoms with Crippen LogP contribution in [0.15, 0.2) is 54.6 Å². The Labute approximate surface area is 168 Å². The summed E-state index contributed by atoms with van der Waals surface area (Å²) in [5.74, 6) is 0. The van der Waals surface area contributed by atoms with E-state index in [4.69, 9.17) is 0 Å². The van der Waals surface area contributed by atoms with E-state index in [9.17, 15) is 4.79 Å². The summed E-state index contributed by atoms with van der Waals surface area (Å²) in [7, 11) is 0. The Bertz CT molecular complexity index is 634. The average molecular weight is 549 g/mol. The molecule has 0 aromatic heterocycles. The predicted octanol–water partition coefficient (Wildman–Crippen LogP) is 2.13. The van der Waals surface area contributed by atoms with E-state index < -0.39 is 21.2 Å². The zero-order chi connectivity index (χ0) is 17.2. The molecule has 0 saturated heterocycles. The first kappa shape index (κ1) is 19.7. The molecule has 5 heteroatoms. The van der Waals surface area contributed by atoms with Crippen LogP contribution >= 0.6 is 22.6 Å². The number of nitrogens with one attached hydrogen (secondary N) is 2. The molecule has 2 aromatic rings. The monoisotopic (exact) mass is 549 g/mol. The van der Waals surface area contributed by atoms with E-state index in [0.29, 0.717) is 3.92 Å². The molecule has 0 saturated carbocycles. The molecule has 0 bridgehead atoms. The number of anilines is 1. The van der Waals surface area contributed by atoms with Crippen LogP contribution in [0, 0.1) is 0 Å². The number of amides is 1. The summed E-state index contributed by atoms with van der Waals surface area (Å²) in [5.41, 5.74) is 3.12. The molecule has 2 N–H and O–H groups in total. The molecule has 24 heavy (non-hydrogen) atoms. The standard InChI is InChI=1S/C19H23I2N2O/c1-2-16(12-13-22-14-20)21-19(24)23-18-11-7-6-10-17(18)15-8-4-3-5-9-15/h3-11,16,22H,2,12-14H2,1H3,(H,23,24)/q-1. The van der Waals surface area contributed by atoms with Crippen LogP contribution in [-0.4, -0.2) is 18.9 Å². The summed E-state index contributed by atoms with van der Waals surface area (Å²) in [4.78, 5) is 12.5. The Morgan fingerprint density at radius 2 is 1.83 bits per heavy atom. The van der Waals surface area contributed by atoms with E-state index in [-0.39, 0.29) is 3.91 Å². The van der Waals surface area contributed by atoms with Crippen molar-refractivity contribution in [3.63, 3.8) is 0 Å². The molecule has 3 nitrogen and oxygen atoms in total. The van der Waals surface area contributed by atoms with Crippen molar-refractivity contribution in [3.8, 4) is 11.1 Å². The molecule has 0 spiro atoms. The fourth-order valence-electron chi connectivity index (χ4n) is 2.40. The Morgan fingerprint density at radius 3 is 2.54 bits per heavy atom. The van der Waals surface area contributed by atoms with Crippen molar-refractivity contribution < 1.29 is 26.0 Å². The van der Waals surface area contributed by atoms with Gasteiger partial charge in [-0.15, -0.1) is 0 Å². The van der Waals surface area contributed by atoms with E-state index in [1.165, 1.54) is 0 Å². The van der Waals surface area contributed by atoms with Crippen LogP contribution in [0.2, 0.25) is 0 Å². The number of alkyl halides is 2. The number of rotatable bonds is 9. The van der Waals surface area contributed by atoms with Gasteiger partial charge in [-0.05, 0) is 0 Å². The molecule has 2 aromatic carbocycles. The van der Waals surface area contributed by atoms with Crippen molar-refractivity contribution in [1.29, 1.82) is 0 Å². The van der Waals surface area contributed by atoms with E-state index in [1.54, 1.807) is 0 Å². The summed E-state index contributed by atoms with van der Waals surface area (Å²) in [6, 6.07) is 18.2. The molecule has 1 amide bonds. The minimum absolute atomic E-state index is 0.207. The van der Waals surface area contributed by atoms with Gasteiger partial charge >= 0.3 is 169 Å². The molecule has 1 unspecified atom stereocenters. The van der Waals surface area contributed by atoms with Crippen molar-refractivity contribution in [2.75, 3.05) is 16.4 Å². The minimum atomic E-state index is -0.523. The Morgan fingerprint density at radius 1 is 1.12 bits per heavy atom. The van der Waals surface area contributed by atoms with Gasteiger partial charge in [-0.3, -0.25) is 0 Å². The van der Waals surface area contributed by atoms with Crippen LogP contribution < -0.4 is 31.8 Å². The van der Waals surface area contributed by atoms with Crippen LogP contribution in [0.5, 0.6) is 0 Å². The van der Waals surface area contributed by atoms with Gasteiger partial charge in [0.15, 0.2) is 0 Å². The van der Waals surface area contributed by atoms with E-state index in [0.717, 1.165) is 40.8 Å². The normalized spacial score (nSPS) is 12.1. The number of carbonyl (C=O) groups is 1. The molecule has 130 valence electrons. The SMILES string of the molecule is CCC(CCNCI)[I-]C(=O)Nc1ccccc1-c1ccccc1. The molecule has 2 rings (SSSR count). The van der Waals surface area contributed by atoms with E-state index in [1.807, 2.05) is 36.4 Å². The molecule has 0 aliphatic carbocycles. The molecule has 0 aliphatic rings. The van der Waals surface area contributed by atoms with Crippen LogP contribution in [0.3, 0.4) is 0 Å². The van der Waals surface area contributed by atoms with Crippen molar-refractivity contribution in [2.45, 2.75) is 23.7 Å². The summed E-state index contributed by atoms with van der Waals surface area (Å²) >= 11 is 1.79. The Balaban J connectivity index is 2.01. The maximum atomic E-state index is 12.5. The predicted molar refractivity (Wildman–Crippen MR) is 106 cm³/mol. The summed E-state index contributed by atoms with van der Waals surface area (Å²) < 4.78 is 1.70. The van der Waals surface area contributed by atoms with Gasteiger partial charge in [-0.1, -0.05) is 0 Å². The first-order valence-electron chi connectivity index (χ1n) is 8.10. The fourth-order valence-corrected chi connectivity index (χ4v) is 5.09. The molecule has 0 radical (unpaired) electrons. The number of halogens is 2. The van der Waals surface area contributed by atoms with Crippen LogP contribution in [0.25, 0.3) is 11.1 Å². The first-order chi connectivity index (χ1) is 11.7. The third kappa shape index (κ3) is 6.33. The molecule has 0 fully saturated rings. The summed E-state index contributed by atoms with van der Waals surface area (Å²) in [6.45, 7) is 3.18. The molecular formula is C19H23I2N2O-. The Hall–Kier alpha value is -0.670. The van der Waals surface area contributed by atoms with Gasteiger partial charge in [0, 0.05) is 0 Å². The van der Waals surface area contributed by atoms with Gasteiger partial charge < -0.3 is 0 Å². The second kappa shape index (κ2) is 11.0.